The Hall–Kier alpha value is -3.71. The number of anilines is 2. The number of aryl methyl sites for hydroxylation is 1. The van der Waals surface area contributed by atoms with E-state index in [2.05, 4.69) is 26.5 Å². The Bertz CT molecular complexity index is 1160. The van der Waals surface area contributed by atoms with Gasteiger partial charge in [0.1, 0.15) is 11.4 Å². The summed E-state index contributed by atoms with van der Waals surface area (Å²) in [6.45, 7) is 4.13. The predicted octanol–water partition coefficient (Wildman–Crippen LogP) is 2.49. The molecule has 1 fully saturated rings. The molecule has 1 aliphatic rings. The molecule has 0 radical (unpaired) electrons. The number of amides is 1. The second kappa shape index (κ2) is 8.80. The van der Waals surface area contributed by atoms with Crippen LogP contribution in [0, 0.1) is 30.0 Å². The van der Waals surface area contributed by atoms with E-state index >= 15 is 0 Å². The average Bonchev–Trinajstić information content (AvgIpc) is 3.34. The van der Waals surface area contributed by atoms with Gasteiger partial charge in [0.05, 0.1) is 24.2 Å². The molecular weight excluding hydrogens is 411 g/mol. The van der Waals surface area contributed by atoms with Crippen molar-refractivity contribution < 1.29 is 9.18 Å². The first-order chi connectivity index (χ1) is 15.4. The lowest BCUT2D eigenvalue weighted by molar-refractivity contribution is 0.100. The SMILES string of the molecule is Cc1c(CN2CC[C@H](n3cc(C(N)=O)c(Nc4ccc(F)cc4)n3)[C@@H](C#N)C2)cnn1C. The van der Waals surface area contributed by atoms with Crippen LogP contribution in [0.3, 0.4) is 0 Å². The first-order valence-electron chi connectivity index (χ1n) is 10.4. The molecule has 9 nitrogen and oxygen atoms in total. The molecule has 4 rings (SSSR count). The number of primary amides is 1. The summed E-state index contributed by atoms with van der Waals surface area (Å²) >= 11 is 0. The normalized spacial score (nSPS) is 18.9. The van der Waals surface area contributed by atoms with Crippen molar-refractivity contribution in [3.63, 3.8) is 0 Å². The fraction of sp³-hybridized carbons (Fsp3) is 0.364. The molecule has 0 bridgehead atoms. The number of nitrogens with zero attached hydrogens (tertiary/aromatic N) is 6. The molecule has 1 amide bonds. The monoisotopic (exact) mass is 436 g/mol. The fourth-order valence-corrected chi connectivity index (χ4v) is 4.04. The summed E-state index contributed by atoms with van der Waals surface area (Å²) in [5.41, 5.74) is 8.60. The van der Waals surface area contributed by atoms with E-state index in [0.717, 1.165) is 24.3 Å². The number of aromatic nitrogens is 4. The fourth-order valence-electron chi connectivity index (χ4n) is 4.04. The Kier molecular flexibility index (Phi) is 5.92. The second-order valence-electron chi connectivity index (χ2n) is 8.07. The summed E-state index contributed by atoms with van der Waals surface area (Å²) in [5.74, 6) is -1.01. The number of nitrogens with one attached hydrogen (secondary N) is 1. The minimum Gasteiger partial charge on any atom is -0.365 e. The van der Waals surface area contributed by atoms with Crippen LogP contribution in [0.4, 0.5) is 15.9 Å². The Morgan fingerprint density at radius 3 is 2.75 bits per heavy atom. The van der Waals surface area contributed by atoms with E-state index in [1.165, 1.54) is 12.1 Å². The molecule has 3 N–H and O–H groups in total. The van der Waals surface area contributed by atoms with Crippen LogP contribution >= 0.6 is 0 Å². The van der Waals surface area contributed by atoms with Crippen LogP contribution in [-0.4, -0.2) is 43.5 Å². The highest BCUT2D eigenvalue weighted by molar-refractivity contribution is 5.98. The Morgan fingerprint density at radius 2 is 2.12 bits per heavy atom. The van der Waals surface area contributed by atoms with Gasteiger partial charge >= 0.3 is 0 Å². The van der Waals surface area contributed by atoms with Crippen molar-refractivity contribution in [3.05, 3.63) is 59.3 Å². The molecule has 166 valence electrons. The maximum Gasteiger partial charge on any atom is 0.254 e. The van der Waals surface area contributed by atoms with Crippen molar-refractivity contribution in [2.75, 3.05) is 18.4 Å². The maximum atomic E-state index is 13.2. The van der Waals surface area contributed by atoms with Gasteiger partial charge in [0, 0.05) is 49.8 Å². The number of hydrogen-bond donors (Lipinski definition) is 2. The van der Waals surface area contributed by atoms with Crippen molar-refractivity contribution in [3.8, 4) is 6.07 Å². The molecule has 3 heterocycles. The maximum absolute atomic E-state index is 13.2. The quantitative estimate of drug-likeness (QED) is 0.613. The third-order valence-electron chi connectivity index (χ3n) is 6.00. The molecule has 3 aromatic rings. The molecule has 1 aromatic carbocycles. The van der Waals surface area contributed by atoms with Gasteiger partial charge < -0.3 is 11.1 Å². The van der Waals surface area contributed by atoms with Crippen LogP contribution < -0.4 is 11.1 Å². The molecule has 32 heavy (non-hydrogen) atoms. The lowest BCUT2D eigenvalue weighted by atomic mass is 9.93. The van der Waals surface area contributed by atoms with Crippen molar-refractivity contribution in [2.45, 2.75) is 25.9 Å². The number of halogens is 1. The first-order valence-corrected chi connectivity index (χ1v) is 10.4. The molecule has 0 saturated carbocycles. The summed E-state index contributed by atoms with van der Waals surface area (Å²) in [6, 6.07) is 7.95. The van der Waals surface area contributed by atoms with E-state index in [4.69, 9.17) is 5.73 Å². The highest BCUT2D eigenvalue weighted by atomic mass is 19.1. The number of rotatable bonds is 6. The van der Waals surface area contributed by atoms with Gasteiger partial charge in [0.2, 0.25) is 0 Å². The summed E-state index contributed by atoms with van der Waals surface area (Å²) in [6.07, 6.45) is 4.15. The van der Waals surface area contributed by atoms with E-state index in [1.54, 1.807) is 23.0 Å². The Labute approximate surface area is 185 Å². The van der Waals surface area contributed by atoms with Gasteiger partial charge in [-0.05, 0) is 37.6 Å². The molecule has 0 aliphatic carbocycles. The molecule has 10 heteroatoms. The van der Waals surface area contributed by atoms with Crippen LogP contribution in [-0.2, 0) is 13.6 Å². The summed E-state index contributed by atoms with van der Waals surface area (Å²) < 4.78 is 16.7. The minimum atomic E-state index is -0.626. The number of carbonyl (C=O) groups is 1. The largest absolute Gasteiger partial charge is 0.365 e. The standard InChI is InChI=1S/C22H25FN8O/c1-14-16(10-26-29(14)2)12-30-8-7-20(15(9-24)11-30)31-13-19(21(25)32)22(28-31)27-18-5-3-17(23)4-6-18/h3-6,10,13,15,20H,7-8,11-12H2,1-2H3,(H2,25,32)(H,27,28)/t15-,20-/m0/s1. The molecule has 1 saturated heterocycles. The number of carbonyl (C=O) groups excluding carboxylic acids is 1. The van der Waals surface area contributed by atoms with Crippen LogP contribution in [0.2, 0.25) is 0 Å². The molecule has 2 aromatic heterocycles. The van der Waals surface area contributed by atoms with E-state index in [1.807, 2.05) is 24.9 Å². The van der Waals surface area contributed by atoms with Gasteiger partial charge in [-0.2, -0.15) is 15.5 Å². The molecule has 2 atom stereocenters. The number of likely N-dealkylation sites (tertiary alicyclic amines) is 1. The lowest BCUT2D eigenvalue weighted by Crippen LogP contribution is -2.40. The zero-order chi connectivity index (χ0) is 22.8. The van der Waals surface area contributed by atoms with Gasteiger partial charge in [-0.15, -0.1) is 0 Å². The van der Waals surface area contributed by atoms with Crippen molar-refractivity contribution in [1.82, 2.24) is 24.5 Å². The van der Waals surface area contributed by atoms with Gasteiger partial charge in [-0.1, -0.05) is 0 Å². The summed E-state index contributed by atoms with van der Waals surface area (Å²) in [5, 5.41) is 21.7. The summed E-state index contributed by atoms with van der Waals surface area (Å²) in [7, 11) is 1.91. The third kappa shape index (κ3) is 4.33. The van der Waals surface area contributed by atoms with Crippen molar-refractivity contribution in [2.24, 2.45) is 18.7 Å². The predicted molar refractivity (Wildman–Crippen MR) is 116 cm³/mol. The van der Waals surface area contributed by atoms with Gasteiger partial charge in [0.15, 0.2) is 5.82 Å². The summed E-state index contributed by atoms with van der Waals surface area (Å²) in [4.78, 5) is 14.2. The molecular formula is C22H25FN8O. The van der Waals surface area contributed by atoms with Gasteiger partial charge in [-0.3, -0.25) is 19.1 Å². The number of benzene rings is 1. The second-order valence-corrected chi connectivity index (χ2v) is 8.07. The first kappa shape index (κ1) is 21.5. The zero-order valence-electron chi connectivity index (χ0n) is 18.0. The Morgan fingerprint density at radius 1 is 1.38 bits per heavy atom. The van der Waals surface area contributed by atoms with Crippen LogP contribution in [0.15, 0.2) is 36.7 Å². The number of nitriles is 1. The van der Waals surface area contributed by atoms with Gasteiger partial charge in [0.25, 0.3) is 5.91 Å². The Balaban J connectivity index is 1.52. The molecule has 0 unspecified atom stereocenters. The number of piperidine rings is 1. The van der Waals surface area contributed by atoms with Crippen LogP contribution in [0.25, 0.3) is 0 Å². The third-order valence-corrected chi connectivity index (χ3v) is 6.00. The van der Waals surface area contributed by atoms with Gasteiger partial charge in [-0.25, -0.2) is 4.39 Å². The molecule has 1 aliphatic heterocycles. The van der Waals surface area contributed by atoms with E-state index < -0.39 is 5.91 Å². The number of hydrogen-bond acceptors (Lipinski definition) is 6. The van der Waals surface area contributed by atoms with Crippen molar-refractivity contribution >= 4 is 17.4 Å². The topological polar surface area (TPSA) is 118 Å². The minimum absolute atomic E-state index is 0.187. The average molecular weight is 436 g/mol. The highest BCUT2D eigenvalue weighted by Gasteiger charge is 2.32. The smallest absolute Gasteiger partial charge is 0.254 e. The van der Waals surface area contributed by atoms with Crippen LogP contribution in [0.5, 0.6) is 0 Å². The van der Waals surface area contributed by atoms with E-state index in [-0.39, 0.29) is 29.2 Å². The van der Waals surface area contributed by atoms with Crippen LogP contribution in [0.1, 0.15) is 34.1 Å². The highest BCUT2D eigenvalue weighted by Crippen LogP contribution is 2.31. The number of nitrogens with two attached hydrogens (primary N) is 1. The lowest BCUT2D eigenvalue weighted by Gasteiger charge is -2.35. The molecule has 0 spiro atoms. The zero-order valence-corrected chi connectivity index (χ0v) is 18.0. The van der Waals surface area contributed by atoms with Crippen molar-refractivity contribution in [1.29, 1.82) is 5.26 Å². The van der Waals surface area contributed by atoms with E-state index in [0.29, 0.717) is 18.7 Å². The van der Waals surface area contributed by atoms with E-state index in [9.17, 15) is 14.4 Å².